The first kappa shape index (κ1) is 9.81. The third-order valence-electron chi connectivity index (χ3n) is 1.95. The molecule has 0 aliphatic heterocycles. The molecule has 1 aromatic carbocycles. The molecule has 0 aliphatic carbocycles. The van der Waals surface area contributed by atoms with E-state index in [1.807, 2.05) is 31.6 Å². The Morgan fingerprint density at radius 2 is 2.08 bits per heavy atom. The number of pyridine rings is 1. The van der Waals surface area contributed by atoms with Crippen LogP contribution < -0.4 is 5.32 Å². The summed E-state index contributed by atoms with van der Waals surface area (Å²) in [4.78, 5) is 4.06. The minimum atomic E-state index is 0. The topological polar surface area (TPSA) is 24.9 Å². The fourth-order valence-electron chi connectivity index (χ4n) is 1.34. The van der Waals surface area contributed by atoms with Crippen LogP contribution in [0.3, 0.4) is 0 Å². The largest absolute Gasteiger partial charge is 0.388 e. The third-order valence-corrected chi connectivity index (χ3v) is 1.95. The van der Waals surface area contributed by atoms with Gasteiger partial charge in [-0.2, -0.15) is 0 Å². The lowest BCUT2D eigenvalue weighted by Crippen LogP contribution is -1.88. The van der Waals surface area contributed by atoms with Gasteiger partial charge in [0.05, 0.1) is 0 Å². The fourth-order valence-corrected chi connectivity index (χ4v) is 1.34. The predicted molar refractivity (Wildman–Crippen MR) is 58.5 cm³/mol. The molecule has 0 unspecified atom stereocenters. The summed E-state index contributed by atoms with van der Waals surface area (Å²) < 4.78 is 0. The molecule has 1 N–H and O–H groups in total. The molecule has 68 valence electrons. The highest BCUT2D eigenvalue weighted by Gasteiger charge is 1.95. The summed E-state index contributed by atoms with van der Waals surface area (Å²) in [6, 6.07) is 8.16. The number of halogens is 1. The van der Waals surface area contributed by atoms with Crippen LogP contribution in [0, 0.1) is 0 Å². The molecule has 0 aliphatic rings. The minimum Gasteiger partial charge on any atom is -0.388 e. The van der Waals surface area contributed by atoms with Crippen LogP contribution in [0.5, 0.6) is 0 Å². The van der Waals surface area contributed by atoms with Gasteiger partial charge < -0.3 is 5.32 Å². The monoisotopic (exact) mass is 194 g/mol. The van der Waals surface area contributed by atoms with Gasteiger partial charge in [-0.15, -0.1) is 12.4 Å². The summed E-state index contributed by atoms with van der Waals surface area (Å²) in [6.07, 6.45) is 3.68. The second-order valence-electron chi connectivity index (χ2n) is 2.65. The molecule has 0 bridgehead atoms. The van der Waals surface area contributed by atoms with Crippen LogP contribution in [-0.4, -0.2) is 12.0 Å². The van der Waals surface area contributed by atoms with Crippen molar-refractivity contribution in [1.82, 2.24) is 4.98 Å². The molecule has 0 amide bonds. The number of anilines is 1. The summed E-state index contributed by atoms with van der Waals surface area (Å²) in [5.74, 6) is 0. The molecule has 0 spiro atoms. The van der Waals surface area contributed by atoms with Gasteiger partial charge >= 0.3 is 0 Å². The van der Waals surface area contributed by atoms with Crippen molar-refractivity contribution in [1.29, 1.82) is 0 Å². The van der Waals surface area contributed by atoms with Gasteiger partial charge in [0.2, 0.25) is 0 Å². The lowest BCUT2D eigenvalue weighted by molar-refractivity contribution is 1.36. The number of hydrogen-bond donors (Lipinski definition) is 1. The number of rotatable bonds is 1. The molecule has 1 aromatic heterocycles. The van der Waals surface area contributed by atoms with E-state index in [0.717, 1.165) is 5.69 Å². The van der Waals surface area contributed by atoms with Gasteiger partial charge in [-0.1, -0.05) is 12.1 Å². The molecule has 0 atom stereocenters. The van der Waals surface area contributed by atoms with Crippen molar-refractivity contribution in [3.05, 3.63) is 36.7 Å². The summed E-state index contributed by atoms with van der Waals surface area (Å²) in [7, 11) is 1.93. The molecule has 0 fully saturated rings. The van der Waals surface area contributed by atoms with Crippen molar-refractivity contribution >= 4 is 28.9 Å². The lowest BCUT2D eigenvalue weighted by Gasteiger charge is -2.03. The molecule has 2 aromatic rings. The van der Waals surface area contributed by atoms with Crippen molar-refractivity contribution in [2.45, 2.75) is 0 Å². The van der Waals surface area contributed by atoms with Crippen LogP contribution in [0.15, 0.2) is 36.7 Å². The van der Waals surface area contributed by atoms with Gasteiger partial charge in [-0.25, -0.2) is 0 Å². The van der Waals surface area contributed by atoms with Crippen LogP contribution >= 0.6 is 12.4 Å². The number of benzene rings is 1. The highest BCUT2D eigenvalue weighted by molar-refractivity contribution is 5.92. The normalized spacial score (nSPS) is 9.31. The highest BCUT2D eigenvalue weighted by atomic mass is 35.5. The maximum Gasteiger partial charge on any atom is 0.0418 e. The van der Waals surface area contributed by atoms with E-state index in [4.69, 9.17) is 0 Å². The van der Waals surface area contributed by atoms with Crippen molar-refractivity contribution in [2.75, 3.05) is 12.4 Å². The predicted octanol–water partition coefficient (Wildman–Crippen LogP) is 2.70. The maximum absolute atomic E-state index is 4.06. The fraction of sp³-hybridized carbons (Fsp3) is 0.100. The molecular formula is C10H11ClN2. The average Bonchev–Trinajstić information content (AvgIpc) is 2.17. The van der Waals surface area contributed by atoms with Crippen LogP contribution in [0.25, 0.3) is 10.8 Å². The summed E-state index contributed by atoms with van der Waals surface area (Å²) >= 11 is 0. The van der Waals surface area contributed by atoms with E-state index in [9.17, 15) is 0 Å². The van der Waals surface area contributed by atoms with E-state index in [0.29, 0.717) is 0 Å². The first-order valence-electron chi connectivity index (χ1n) is 3.92. The van der Waals surface area contributed by atoms with Crippen molar-refractivity contribution in [3.8, 4) is 0 Å². The average molecular weight is 195 g/mol. The van der Waals surface area contributed by atoms with Crippen LogP contribution in [0.4, 0.5) is 5.69 Å². The van der Waals surface area contributed by atoms with E-state index in [-0.39, 0.29) is 12.4 Å². The minimum absolute atomic E-state index is 0. The summed E-state index contributed by atoms with van der Waals surface area (Å²) in [5, 5.41) is 5.53. The number of nitrogens with zero attached hydrogens (tertiary/aromatic N) is 1. The second-order valence-corrected chi connectivity index (χ2v) is 2.65. The Hall–Kier alpha value is -1.28. The number of fused-ring (bicyclic) bond motifs is 1. The van der Waals surface area contributed by atoms with Crippen molar-refractivity contribution in [3.63, 3.8) is 0 Å². The molecule has 2 nitrogen and oxygen atoms in total. The molecule has 3 heteroatoms. The third kappa shape index (κ3) is 1.73. The smallest absolute Gasteiger partial charge is 0.0418 e. The Labute approximate surface area is 83.4 Å². The molecule has 0 saturated heterocycles. The molecule has 0 radical (unpaired) electrons. The standard InChI is InChI=1S/C10H10N2.ClH/c1-11-10-4-2-3-8-7-12-6-5-9(8)10;/h2-7,11H,1H3;1H. The van der Waals surface area contributed by atoms with E-state index >= 15 is 0 Å². The second kappa shape index (κ2) is 4.10. The zero-order chi connectivity index (χ0) is 8.39. The van der Waals surface area contributed by atoms with E-state index in [1.54, 1.807) is 0 Å². The van der Waals surface area contributed by atoms with Crippen LogP contribution in [0.2, 0.25) is 0 Å². The number of aromatic nitrogens is 1. The first-order valence-corrected chi connectivity index (χ1v) is 3.92. The summed E-state index contributed by atoms with van der Waals surface area (Å²) in [5.41, 5.74) is 1.15. The Bertz CT molecular complexity index is 396. The Morgan fingerprint density at radius 1 is 1.23 bits per heavy atom. The Kier molecular flexibility index (Phi) is 3.09. The molecule has 0 saturated carbocycles. The summed E-state index contributed by atoms with van der Waals surface area (Å²) in [6.45, 7) is 0. The van der Waals surface area contributed by atoms with E-state index < -0.39 is 0 Å². The van der Waals surface area contributed by atoms with E-state index in [1.165, 1.54) is 10.8 Å². The quantitative estimate of drug-likeness (QED) is 0.755. The molecule has 1 heterocycles. The zero-order valence-corrected chi connectivity index (χ0v) is 8.14. The molecule has 2 rings (SSSR count). The first-order chi connectivity index (χ1) is 5.92. The number of hydrogen-bond acceptors (Lipinski definition) is 2. The van der Waals surface area contributed by atoms with Gasteiger partial charge in [-0.3, -0.25) is 4.98 Å². The van der Waals surface area contributed by atoms with Gasteiger partial charge in [0.25, 0.3) is 0 Å². The van der Waals surface area contributed by atoms with E-state index in [2.05, 4.69) is 22.4 Å². The van der Waals surface area contributed by atoms with Gasteiger partial charge in [0, 0.05) is 35.9 Å². The van der Waals surface area contributed by atoms with Crippen molar-refractivity contribution < 1.29 is 0 Å². The van der Waals surface area contributed by atoms with Gasteiger partial charge in [-0.05, 0) is 12.1 Å². The highest BCUT2D eigenvalue weighted by Crippen LogP contribution is 2.20. The maximum atomic E-state index is 4.06. The van der Waals surface area contributed by atoms with Gasteiger partial charge in [0.15, 0.2) is 0 Å². The molecule has 13 heavy (non-hydrogen) atoms. The van der Waals surface area contributed by atoms with Crippen molar-refractivity contribution in [2.24, 2.45) is 0 Å². The van der Waals surface area contributed by atoms with Crippen LogP contribution in [0.1, 0.15) is 0 Å². The molecular weight excluding hydrogens is 184 g/mol. The lowest BCUT2D eigenvalue weighted by atomic mass is 10.1. The number of nitrogens with one attached hydrogen (secondary N) is 1. The Morgan fingerprint density at radius 3 is 2.85 bits per heavy atom. The SMILES string of the molecule is CNc1cccc2cnccc12.Cl. The Balaban J connectivity index is 0.000000845. The van der Waals surface area contributed by atoms with Gasteiger partial charge in [0.1, 0.15) is 0 Å². The van der Waals surface area contributed by atoms with Crippen LogP contribution in [-0.2, 0) is 0 Å². The zero-order valence-electron chi connectivity index (χ0n) is 7.32.